The predicted molar refractivity (Wildman–Crippen MR) is 68.5 cm³/mol. The summed E-state index contributed by atoms with van der Waals surface area (Å²) in [5.74, 6) is 1.41. The first-order chi connectivity index (χ1) is 8.78. The Labute approximate surface area is 105 Å². The molecule has 5 nitrogen and oxygen atoms in total. The number of ether oxygens (including phenoxy) is 1. The van der Waals surface area contributed by atoms with Crippen LogP contribution in [-0.2, 0) is 11.2 Å². The van der Waals surface area contributed by atoms with E-state index in [1.807, 2.05) is 24.3 Å². The Bertz CT molecular complexity index is 491. The Morgan fingerprint density at radius 1 is 1.33 bits per heavy atom. The number of methoxy groups -OCH3 is 1. The summed E-state index contributed by atoms with van der Waals surface area (Å²) in [5, 5.41) is 9.17. The number of H-pyrrole nitrogens is 1. The van der Waals surface area contributed by atoms with E-state index < -0.39 is 0 Å². The quantitative estimate of drug-likeness (QED) is 0.846. The maximum absolute atomic E-state index is 11.6. The van der Waals surface area contributed by atoms with Crippen molar-refractivity contribution in [1.82, 2.24) is 10.2 Å². The van der Waals surface area contributed by atoms with Crippen molar-refractivity contribution in [3.63, 3.8) is 0 Å². The summed E-state index contributed by atoms with van der Waals surface area (Å²) in [4.78, 5) is 11.6. The second-order valence-corrected chi connectivity index (χ2v) is 3.87. The van der Waals surface area contributed by atoms with Crippen LogP contribution < -0.4 is 10.1 Å². The van der Waals surface area contributed by atoms with E-state index in [2.05, 4.69) is 15.5 Å². The molecule has 1 amide bonds. The van der Waals surface area contributed by atoms with E-state index in [0.717, 1.165) is 11.3 Å². The SMILES string of the molecule is COc1ccc(CCC(=O)Nc2ccn[nH]2)cc1. The minimum Gasteiger partial charge on any atom is -0.497 e. The largest absolute Gasteiger partial charge is 0.497 e. The first kappa shape index (κ1) is 12.2. The third kappa shape index (κ3) is 3.35. The molecule has 0 aliphatic carbocycles. The first-order valence-corrected chi connectivity index (χ1v) is 5.70. The van der Waals surface area contributed by atoms with Gasteiger partial charge in [-0.25, -0.2) is 0 Å². The average molecular weight is 245 g/mol. The number of amides is 1. The van der Waals surface area contributed by atoms with E-state index in [9.17, 15) is 4.79 Å². The topological polar surface area (TPSA) is 67.0 Å². The van der Waals surface area contributed by atoms with Crippen LogP contribution >= 0.6 is 0 Å². The van der Waals surface area contributed by atoms with Gasteiger partial charge in [0.15, 0.2) is 0 Å². The smallest absolute Gasteiger partial charge is 0.225 e. The van der Waals surface area contributed by atoms with Gasteiger partial charge in [0.05, 0.1) is 13.3 Å². The van der Waals surface area contributed by atoms with Crippen molar-refractivity contribution in [3.05, 3.63) is 42.1 Å². The Hall–Kier alpha value is -2.30. The van der Waals surface area contributed by atoms with Crippen molar-refractivity contribution in [2.24, 2.45) is 0 Å². The normalized spacial score (nSPS) is 10.1. The van der Waals surface area contributed by atoms with Crippen molar-refractivity contribution in [2.75, 3.05) is 12.4 Å². The number of carbonyl (C=O) groups is 1. The van der Waals surface area contributed by atoms with E-state index in [4.69, 9.17) is 4.74 Å². The molecule has 94 valence electrons. The lowest BCUT2D eigenvalue weighted by Crippen LogP contribution is -2.12. The zero-order chi connectivity index (χ0) is 12.8. The van der Waals surface area contributed by atoms with Gasteiger partial charge in [-0.15, -0.1) is 0 Å². The highest BCUT2D eigenvalue weighted by molar-refractivity contribution is 5.89. The first-order valence-electron chi connectivity index (χ1n) is 5.70. The predicted octanol–water partition coefficient (Wildman–Crippen LogP) is 1.99. The molecule has 0 saturated heterocycles. The van der Waals surface area contributed by atoms with E-state index in [-0.39, 0.29) is 5.91 Å². The molecule has 5 heteroatoms. The number of aryl methyl sites for hydroxylation is 1. The fraction of sp³-hybridized carbons (Fsp3) is 0.231. The Balaban J connectivity index is 1.81. The van der Waals surface area contributed by atoms with Gasteiger partial charge in [-0.2, -0.15) is 5.10 Å². The molecule has 0 aliphatic heterocycles. The molecule has 0 fully saturated rings. The average Bonchev–Trinajstić information content (AvgIpc) is 2.90. The lowest BCUT2D eigenvalue weighted by atomic mass is 10.1. The molecule has 18 heavy (non-hydrogen) atoms. The molecule has 0 atom stereocenters. The fourth-order valence-electron chi connectivity index (χ4n) is 1.59. The summed E-state index contributed by atoms with van der Waals surface area (Å²) in [6.45, 7) is 0. The third-order valence-electron chi connectivity index (χ3n) is 2.57. The van der Waals surface area contributed by atoms with Crippen molar-refractivity contribution in [3.8, 4) is 5.75 Å². The van der Waals surface area contributed by atoms with Crippen molar-refractivity contribution in [2.45, 2.75) is 12.8 Å². The number of rotatable bonds is 5. The Morgan fingerprint density at radius 2 is 2.11 bits per heavy atom. The maximum atomic E-state index is 11.6. The monoisotopic (exact) mass is 245 g/mol. The zero-order valence-corrected chi connectivity index (χ0v) is 10.1. The number of hydrogen-bond donors (Lipinski definition) is 2. The number of benzene rings is 1. The molecular formula is C13H15N3O2. The van der Waals surface area contributed by atoms with Gasteiger partial charge < -0.3 is 10.1 Å². The molecule has 1 heterocycles. The van der Waals surface area contributed by atoms with Crippen LogP contribution in [0.2, 0.25) is 0 Å². The van der Waals surface area contributed by atoms with Crippen LogP contribution in [0.5, 0.6) is 5.75 Å². The lowest BCUT2D eigenvalue weighted by molar-refractivity contribution is -0.116. The van der Waals surface area contributed by atoms with E-state index in [1.54, 1.807) is 19.4 Å². The summed E-state index contributed by atoms with van der Waals surface area (Å²) in [6.07, 6.45) is 2.73. The van der Waals surface area contributed by atoms with E-state index >= 15 is 0 Å². The molecule has 1 aromatic carbocycles. The van der Waals surface area contributed by atoms with Crippen molar-refractivity contribution < 1.29 is 9.53 Å². The van der Waals surface area contributed by atoms with Crippen LogP contribution in [0.1, 0.15) is 12.0 Å². The number of aromatic nitrogens is 2. The van der Waals surface area contributed by atoms with Gasteiger partial charge in [-0.1, -0.05) is 12.1 Å². The van der Waals surface area contributed by atoms with E-state index in [0.29, 0.717) is 18.7 Å². The van der Waals surface area contributed by atoms with Crippen LogP contribution in [0.3, 0.4) is 0 Å². The molecular weight excluding hydrogens is 230 g/mol. The van der Waals surface area contributed by atoms with Crippen LogP contribution in [0.25, 0.3) is 0 Å². The van der Waals surface area contributed by atoms with Crippen LogP contribution in [0, 0.1) is 0 Å². The van der Waals surface area contributed by atoms with Gasteiger partial charge >= 0.3 is 0 Å². The summed E-state index contributed by atoms with van der Waals surface area (Å²) in [7, 11) is 1.63. The van der Waals surface area contributed by atoms with Crippen molar-refractivity contribution >= 4 is 11.7 Å². The van der Waals surface area contributed by atoms with Crippen LogP contribution in [0.4, 0.5) is 5.82 Å². The highest BCUT2D eigenvalue weighted by atomic mass is 16.5. The molecule has 0 bridgehead atoms. The van der Waals surface area contributed by atoms with Gasteiger partial charge in [0.25, 0.3) is 0 Å². The highest BCUT2D eigenvalue weighted by Crippen LogP contribution is 2.12. The fourth-order valence-corrected chi connectivity index (χ4v) is 1.59. The second-order valence-electron chi connectivity index (χ2n) is 3.87. The van der Waals surface area contributed by atoms with E-state index in [1.165, 1.54) is 0 Å². The van der Waals surface area contributed by atoms with Crippen molar-refractivity contribution in [1.29, 1.82) is 0 Å². The minimum absolute atomic E-state index is 0.0323. The molecule has 0 aliphatic rings. The number of aromatic amines is 1. The molecule has 0 radical (unpaired) electrons. The van der Waals surface area contributed by atoms with Gasteiger partial charge in [-0.05, 0) is 24.1 Å². The number of nitrogens with one attached hydrogen (secondary N) is 2. The van der Waals surface area contributed by atoms with Gasteiger partial charge in [-0.3, -0.25) is 9.89 Å². The molecule has 0 unspecified atom stereocenters. The van der Waals surface area contributed by atoms with Gasteiger partial charge in [0.2, 0.25) is 5.91 Å². The third-order valence-corrected chi connectivity index (χ3v) is 2.57. The second kappa shape index (κ2) is 5.86. The molecule has 0 spiro atoms. The summed E-state index contributed by atoms with van der Waals surface area (Å²) in [5.41, 5.74) is 1.11. The summed E-state index contributed by atoms with van der Waals surface area (Å²) >= 11 is 0. The minimum atomic E-state index is -0.0323. The lowest BCUT2D eigenvalue weighted by Gasteiger charge is -2.04. The summed E-state index contributed by atoms with van der Waals surface area (Å²) in [6, 6.07) is 9.42. The van der Waals surface area contributed by atoms with Crippen LogP contribution in [0.15, 0.2) is 36.5 Å². The molecule has 0 saturated carbocycles. The number of anilines is 1. The highest BCUT2D eigenvalue weighted by Gasteiger charge is 2.03. The molecule has 1 aromatic heterocycles. The maximum Gasteiger partial charge on any atom is 0.225 e. The number of hydrogen-bond acceptors (Lipinski definition) is 3. The Kier molecular flexibility index (Phi) is 3.96. The molecule has 2 aromatic rings. The van der Waals surface area contributed by atoms with Crippen LogP contribution in [-0.4, -0.2) is 23.2 Å². The Morgan fingerprint density at radius 3 is 2.72 bits per heavy atom. The zero-order valence-electron chi connectivity index (χ0n) is 10.1. The molecule has 2 N–H and O–H groups in total. The standard InChI is InChI=1S/C13H15N3O2/c1-18-11-5-2-10(3-6-11)4-7-13(17)15-12-8-9-14-16-12/h2-3,5-6,8-9H,4,7H2,1H3,(H2,14,15,16,17). The van der Waals surface area contributed by atoms with Gasteiger partial charge in [0, 0.05) is 12.5 Å². The number of carbonyl (C=O) groups excluding carboxylic acids is 1. The molecule has 2 rings (SSSR count). The number of nitrogens with zero attached hydrogens (tertiary/aromatic N) is 1. The summed E-state index contributed by atoms with van der Waals surface area (Å²) < 4.78 is 5.07. The van der Waals surface area contributed by atoms with Gasteiger partial charge in [0.1, 0.15) is 11.6 Å².